The van der Waals surface area contributed by atoms with Crippen LogP contribution >= 0.6 is 11.3 Å². The van der Waals surface area contributed by atoms with E-state index in [1.807, 2.05) is 0 Å². The number of nitro groups is 1. The molecule has 0 amide bonds. The smallest absolute Gasteiger partial charge is 0.401 e. The summed E-state index contributed by atoms with van der Waals surface area (Å²) in [6.45, 7) is 6.18. The van der Waals surface area contributed by atoms with Gasteiger partial charge in [-0.25, -0.2) is 4.79 Å². The molecule has 3 rings (SSSR count). The van der Waals surface area contributed by atoms with Gasteiger partial charge in [-0.3, -0.25) is 14.9 Å². The van der Waals surface area contributed by atoms with E-state index in [0.717, 1.165) is 24.5 Å². The normalized spacial score (nSPS) is 17.7. The van der Waals surface area contributed by atoms with E-state index in [0.29, 0.717) is 5.56 Å². The Morgan fingerprint density at radius 3 is 2.45 bits per heavy atom. The third-order valence-corrected chi connectivity index (χ3v) is 7.23. The Bertz CT molecular complexity index is 1340. The number of benzene rings is 1. The lowest BCUT2D eigenvalue weighted by molar-refractivity contribution is -0.383. The fourth-order valence-corrected chi connectivity index (χ4v) is 4.78. The van der Waals surface area contributed by atoms with Gasteiger partial charge in [-0.05, 0) is 51.8 Å². The summed E-state index contributed by atoms with van der Waals surface area (Å²) in [7, 11) is 1.11. The third-order valence-electron chi connectivity index (χ3n) is 6.22. The number of carbonyl (C=O) groups is 2. The number of methoxy groups -OCH3 is 1. The van der Waals surface area contributed by atoms with Crippen LogP contribution in [-0.2, 0) is 20.9 Å². The van der Waals surface area contributed by atoms with E-state index in [1.54, 1.807) is 20.8 Å². The van der Waals surface area contributed by atoms with Gasteiger partial charge < -0.3 is 19.5 Å². The van der Waals surface area contributed by atoms with Gasteiger partial charge in [0.05, 0.1) is 22.4 Å². The van der Waals surface area contributed by atoms with Crippen LogP contribution in [0.1, 0.15) is 49.4 Å². The van der Waals surface area contributed by atoms with Gasteiger partial charge in [0.15, 0.2) is 4.88 Å². The van der Waals surface area contributed by atoms with Gasteiger partial charge in [0, 0.05) is 12.1 Å². The second-order valence-corrected chi connectivity index (χ2v) is 11.2. The number of alkyl halides is 3. The Labute approximate surface area is 232 Å². The first-order chi connectivity index (χ1) is 18.6. The Morgan fingerprint density at radius 2 is 1.90 bits per heavy atom. The molecule has 13 heteroatoms. The molecule has 2 atom stereocenters. The van der Waals surface area contributed by atoms with Gasteiger partial charge in [-0.2, -0.15) is 13.2 Å². The van der Waals surface area contributed by atoms with Crippen LogP contribution < -0.4 is 10.1 Å². The molecule has 0 saturated heterocycles. The number of nitrogens with one attached hydrogen (secondary N) is 1. The van der Waals surface area contributed by atoms with Gasteiger partial charge >= 0.3 is 18.1 Å². The number of rotatable bonds is 9. The van der Waals surface area contributed by atoms with Gasteiger partial charge in [0.2, 0.25) is 0 Å². The predicted molar refractivity (Wildman–Crippen MR) is 143 cm³/mol. The van der Waals surface area contributed by atoms with Crippen molar-refractivity contribution in [3.05, 3.63) is 69.1 Å². The van der Waals surface area contributed by atoms with Crippen molar-refractivity contribution in [3.63, 3.8) is 0 Å². The number of anilines is 2. The van der Waals surface area contributed by atoms with Crippen LogP contribution in [0.3, 0.4) is 0 Å². The first-order valence-electron chi connectivity index (χ1n) is 12.1. The molecule has 0 spiro atoms. The number of carbonyl (C=O) groups excluding carboxylic acids is 2. The van der Waals surface area contributed by atoms with Crippen molar-refractivity contribution < 1.29 is 41.9 Å². The molecule has 0 bridgehead atoms. The quantitative estimate of drug-likeness (QED) is 0.189. The molecule has 1 aromatic heterocycles. The zero-order valence-corrected chi connectivity index (χ0v) is 23.3. The van der Waals surface area contributed by atoms with E-state index in [4.69, 9.17) is 14.2 Å². The highest BCUT2D eigenvalue weighted by atomic mass is 32.1. The minimum Gasteiger partial charge on any atom is -0.488 e. The number of ether oxygens (including phenoxy) is 3. The number of nitro benzene ring substituents is 1. The lowest BCUT2D eigenvalue weighted by Crippen LogP contribution is -2.47. The first kappa shape index (κ1) is 30.7. The summed E-state index contributed by atoms with van der Waals surface area (Å²) in [5.41, 5.74) is -2.93. The van der Waals surface area contributed by atoms with E-state index >= 15 is 0 Å². The van der Waals surface area contributed by atoms with Crippen molar-refractivity contribution in [2.24, 2.45) is 10.8 Å². The number of nitrogens with zero attached hydrogens (tertiary/aromatic N) is 1. The average molecular weight is 583 g/mol. The van der Waals surface area contributed by atoms with Gasteiger partial charge in [-0.1, -0.05) is 24.3 Å². The van der Waals surface area contributed by atoms with E-state index in [9.17, 15) is 32.9 Å². The topological polar surface area (TPSA) is 117 Å². The fourth-order valence-electron chi connectivity index (χ4n) is 3.86. The number of allylic oxidation sites excluding steroid dienone is 3. The van der Waals surface area contributed by atoms with Crippen molar-refractivity contribution in [2.75, 3.05) is 12.4 Å². The van der Waals surface area contributed by atoms with Gasteiger partial charge in [0.1, 0.15) is 29.6 Å². The number of halogens is 3. The summed E-state index contributed by atoms with van der Waals surface area (Å²) in [4.78, 5) is 35.5. The van der Waals surface area contributed by atoms with Crippen LogP contribution in [0.5, 0.6) is 5.75 Å². The molecule has 1 aliphatic rings. The fraction of sp³-hybridized carbons (Fsp3) is 0.407. The Balaban J connectivity index is 1.94. The number of thiophene rings is 1. The minimum atomic E-state index is -4.65. The van der Waals surface area contributed by atoms with Crippen molar-refractivity contribution in [2.45, 2.75) is 53.0 Å². The lowest BCUT2D eigenvalue weighted by Gasteiger charge is -2.38. The Kier molecular flexibility index (Phi) is 8.97. The third kappa shape index (κ3) is 6.64. The van der Waals surface area contributed by atoms with Crippen molar-refractivity contribution in [3.8, 4) is 5.75 Å². The molecule has 216 valence electrons. The molecule has 1 unspecified atom stereocenters. The Morgan fingerprint density at radius 1 is 1.20 bits per heavy atom. The number of hydrogen-bond acceptors (Lipinski definition) is 9. The highest BCUT2D eigenvalue weighted by molar-refractivity contribution is 7.18. The minimum absolute atomic E-state index is 0.0127. The summed E-state index contributed by atoms with van der Waals surface area (Å²) in [5.74, 6) is -1.48. The molecule has 0 saturated carbocycles. The molecule has 40 heavy (non-hydrogen) atoms. The highest BCUT2D eigenvalue weighted by Crippen LogP contribution is 2.49. The Hall–Kier alpha value is -3.87. The average Bonchev–Trinajstić information content (AvgIpc) is 3.27. The molecule has 1 aromatic carbocycles. The molecule has 0 radical (unpaired) electrons. The zero-order chi connectivity index (χ0) is 29.9. The number of esters is 2. The summed E-state index contributed by atoms with van der Waals surface area (Å²) < 4.78 is 58.2. The maximum absolute atomic E-state index is 14.1. The van der Waals surface area contributed by atoms with Crippen LogP contribution in [-0.4, -0.2) is 36.3 Å². The molecular formula is C27H29F3N2O7S. The summed E-state index contributed by atoms with van der Waals surface area (Å²) in [6.07, 6.45) is -1.21. The SMILES string of the molecule is COC(=O)c1sc(Nc2cc(COC(=O)C(C)(C)C)ccc2[N+](=O)[O-])cc1O[C@H](C)C1(C(F)(F)F)C=CC=CC1. The highest BCUT2D eigenvalue weighted by Gasteiger charge is 2.57. The van der Waals surface area contributed by atoms with Crippen molar-refractivity contribution in [1.82, 2.24) is 0 Å². The maximum Gasteiger partial charge on any atom is 0.401 e. The molecule has 1 aliphatic carbocycles. The molecular weight excluding hydrogens is 553 g/mol. The summed E-state index contributed by atoms with van der Waals surface area (Å²) in [5, 5.41) is 14.7. The van der Waals surface area contributed by atoms with E-state index < -0.39 is 40.0 Å². The molecule has 9 nitrogen and oxygen atoms in total. The molecule has 1 N–H and O–H groups in total. The van der Waals surface area contributed by atoms with Crippen LogP contribution in [0.2, 0.25) is 0 Å². The lowest BCUT2D eigenvalue weighted by atomic mass is 9.76. The summed E-state index contributed by atoms with van der Waals surface area (Å²) in [6, 6.07) is 5.36. The predicted octanol–water partition coefficient (Wildman–Crippen LogP) is 7.11. The summed E-state index contributed by atoms with van der Waals surface area (Å²) >= 11 is 0.798. The molecule has 2 aromatic rings. The number of hydrogen-bond donors (Lipinski definition) is 1. The molecule has 0 fully saturated rings. The van der Waals surface area contributed by atoms with E-state index in [2.05, 4.69) is 5.32 Å². The van der Waals surface area contributed by atoms with Gasteiger partial charge in [-0.15, -0.1) is 11.3 Å². The van der Waals surface area contributed by atoms with Crippen LogP contribution in [0.25, 0.3) is 0 Å². The largest absolute Gasteiger partial charge is 0.488 e. The standard InChI is InChI=1S/C27H29F3N2O7S/c1-16(26(27(28,29)30)11-7-6-8-12-26)39-20-14-21(40-22(20)23(33)37-5)31-18-13-17(9-10-19(18)32(35)36)15-38-24(34)25(2,3)4/h6-11,13-14,16,31H,12,15H2,1-5H3/t16-,26?/m1/s1. The van der Waals surface area contributed by atoms with E-state index in [1.165, 1.54) is 49.4 Å². The second kappa shape index (κ2) is 11.7. The zero-order valence-electron chi connectivity index (χ0n) is 22.5. The van der Waals surface area contributed by atoms with Crippen LogP contribution in [0.4, 0.5) is 29.5 Å². The maximum atomic E-state index is 14.1. The molecule has 0 aliphatic heterocycles. The van der Waals surface area contributed by atoms with Crippen molar-refractivity contribution in [1.29, 1.82) is 0 Å². The van der Waals surface area contributed by atoms with Gasteiger partial charge in [0.25, 0.3) is 5.69 Å². The van der Waals surface area contributed by atoms with Crippen LogP contribution in [0, 0.1) is 20.9 Å². The second-order valence-electron chi connectivity index (χ2n) is 10.1. The monoisotopic (exact) mass is 582 g/mol. The van der Waals surface area contributed by atoms with Crippen LogP contribution in [0.15, 0.2) is 48.6 Å². The van der Waals surface area contributed by atoms with E-state index in [-0.39, 0.29) is 40.0 Å². The first-order valence-corrected chi connectivity index (χ1v) is 12.9. The van der Waals surface area contributed by atoms with Crippen molar-refractivity contribution >= 4 is 39.7 Å². The molecule has 1 heterocycles.